The molecule has 0 spiro atoms. The predicted molar refractivity (Wildman–Crippen MR) is 323 cm³/mol. The van der Waals surface area contributed by atoms with E-state index < -0.39 is 181 Å². The number of fused-ring (bicyclic) bond motifs is 14. The molecule has 0 radical (unpaired) electrons. The fourth-order valence-electron chi connectivity index (χ4n) is 17.4. The lowest BCUT2D eigenvalue weighted by molar-refractivity contribution is -0.202. The van der Waals surface area contributed by atoms with Crippen LogP contribution in [0.1, 0.15) is 183 Å². The molecule has 16 atom stereocenters. The Labute approximate surface area is 534 Å². The molecular formula is C68H76O22S2. The summed E-state index contributed by atoms with van der Waals surface area (Å²) in [6.07, 6.45) is -2.95. The Morgan fingerprint density at radius 1 is 0.413 bits per heavy atom. The molecule has 10 aliphatic rings. The Balaban J connectivity index is 0.000000168. The minimum Gasteiger partial charge on any atom is -0.454 e. The van der Waals surface area contributed by atoms with Crippen molar-refractivity contribution in [2.75, 3.05) is 0 Å². The predicted octanol–water partition coefficient (Wildman–Crippen LogP) is 8.70. The molecule has 4 saturated heterocycles. The standard InChI is InChI=1S/2C34H38O11S/c2*1-16-15-20(35)41-23-18(16)9-10-19-21(23)24(43-28(39)34-14-12-32(8,26(37)45-34)30(34,5)6)22(17(2)46(19)40)42-27(38)33-13-11-31(7,25(36)44-33)29(33,3)4/h2*9-10,15,17,22,24H,11-14H2,1-8H3/t17-,22-,24+,31+,32+,33-,34-,46?;17-,22-,24+,31-,32-,33+,34+,46?/m10/s1. The van der Waals surface area contributed by atoms with Gasteiger partial charge in [0.05, 0.1) is 74.7 Å². The highest BCUT2D eigenvalue weighted by atomic mass is 32.2. The molecule has 22 nitrogen and oxygen atoms in total. The number of hydrogen-bond acceptors (Lipinski definition) is 22. The minimum atomic E-state index is -1.81. The molecule has 4 aromatic rings. The topological polar surface area (TPSA) is 305 Å². The maximum Gasteiger partial charge on any atom is 0.351 e. The molecule has 0 amide bonds. The number of rotatable bonds is 8. The molecule has 2 aromatic heterocycles. The highest BCUT2D eigenvalue weighted by molar-refractivity contribution is 7.86. The summed E-state index contributed by atoms with van der Waals surface area (Å²) in [5, 5.41) is -0.770. The van der Waals surface area contributed by atoms with Gasteiger partial charge in [-0.1, -0.05) is 55.4 Å². The second kappa shape index (κ2) is 19.3. The number of esters is 8. The van der Waals surface area contributed by atoms with Crippen molar-refractivity contribution in [1.29, 1.82) is 0 Å². The molecule has 0 N–H and O–H groups in total. The van der Waals surface area contributed by atoms with Gasteiger partial charge < -0.3 is 46.7 Å². The van der Waals surface area contributed by atoms with Crippen molar-refractivity contribution in [2.24, 2.45) is 43.3 Å². The van der Waals surface area contributed by atoms with Crippen LogP contribution in [0.25, 0.3) is 21.9 Å². The van der Waals surface area contributed by atoms with Gasteiger partial charge in [-0.15, -0.1) is 0 Å². The SMILES string of the molecule is Cc1cc(=O)oc2c3c(ccc12)S(=O)[C@@H](C)[C@H](OC(=O)[C@@]12CC[C@@](C)(C(=O)O1)C2(C)C)[C@@H]3OC(=O)[C@@]12CC[C@@](C)(C(=O)O1)C2(C)C.Cc1cc(=O)oc2c3c(ccc12)S(=O)[C@H](C)[C@@H](OC(=O)[C@@]12CC[C@@](C)(C(=O)O1)C2(C)C)[C@H]3OC(=O)[C@@]12CC[C@@](C)(C(=O)O1)C2(C)C. The molecule has 8 bridgehead atoms. The first kappa shape index (κ1) is 63.7. The van der Waals surface area contributed by atoms with Crippen LogP contribution in [0.5, 0.6) is 0 Å². The van der Waals surface area contributed by atoms with E-state index in [9.17, 15) is 56.4 Å². The third-order valence-corrected chi connectivity index (χ3v) is 29.5. The first-order chi connectivity index (χ1) is 42.6. The summed E-state index contributed by atoms with van der Waals surface area (Å²) in [6.45, 7) is 28.1. The monoisotopic (exact) mass is 1310 g/mol. The van der Waals surface area contributed by atoms with Crippen molar-refractivity contribution in [3.63, 3.8) is 0 Å². The number of carbonyl (C=O) groups is 8. The van der Waals surface area contributed by atoms with Crippen molar-refractivity contribution in [3.05, 3.63) is 79.5 Å². The van der Waals surface area contributed by atoms with Gasteiger partial charge in [0.25, 0.3) is 0 Å². The summed E-state index contributed by atoms with van der Waals surface area (Å²) in [5.74, 6) is -5.32. The van der Waals surface area contributed by atoms with Crippen LogP contribution in [0.3, 0.4) is 0 Å². The van der Waals surface area contributed by atoms with Crippen LogP contribution in [-0.4, -0.2) is 101 Å². The fourth-order valence-corrected chi connectivity index (χ4v) is 20.3. The van der Waals surface area contributed by atoms with Crippen LogP contribution in [0.15, 0.2) is 64.6 Å². The Morgan fingerprint density at radius 2 is 0.674 bits per heavy atom. The van der Waals surface area contributed by atoms with E-state index in [4.69, 9.17) is 46.7 Å². The van der Waals surface area contributed by atoms with Crippen molar-refractivity contribution < 1.29 is 93.5 Å². The quantitative estimate of drug-likeness (QED) is 0.0904. The maximum absolute atomic E-state index is 14.4. The van der Waals surface area contributed by atoms with Gasteiger partial charge in [0.2, 0.25) is 22.4 Å². The third kappa shape index (κ3) is 7.36. The van der Waals surface area contributed by atoms with Gasteiger partial charge in [-0.3, -0.25) is 27.6 Å². The molecule has 8 heterocycles. The Bertz CT molecular complexity index is 4020. The molecule has 14 rings (SSSR count). The van der Waals surface area contributed by atoms with E-state index in [0.717, 1.165) is 0 Å². The van der Waals surface area contributed by atoms with E-state index in [1.54, 1.807) is 135 Å². The van der Waals surface area contributed by atoms with E-state index >= 15 is 0 Å². The summed E-state index contributed by atoms with van der Waals surface area (Å²) < 4.78 is 87.6. The summed E-state index contributed by atoms with van der Waals surface area (Å²) >= 11 is 0. The molecule has 24 heteroatoms. The lowest BCUT2D eigenvalue weighted by Gasteiger charge is -2.41. The van der Waals surface area contributed by atoms with Gasteiger partial charge in [0.15, 0.2) is 24.4 Å². The van der Waals surface area contributed by atoms with Gasteiger partial charge >= 0.3 is 59.0 Å². The Morgan fingerprint density at radius 3 is 0.913 bits per heavy atom. The van der Waals surface area contributed by atoms with Crippen molar-refractivity contribution in [2.45, 2.75) is 229 Å². The van der Waals surface area contributed by atoms with Crippen LogP contribution < -0.4 is 11.3 Å². The largest absolute Gasteiger partial charge is 0.454 e. The lowest BCUT2D eigenvalue weighted by atomic mass is 9.66. The van der Waals surface area contributed by atoms with Crippen molar-refractivity contribution >= 4 is 91.3 Å². The summed E-state index contributed by atoms with van der Waals surface area (Å²) in [4.78, 5) is 135. The van der Waals surface area contributed by atoms with Gasteiger partial charge in [0, 0.05) is 44.6 Å². The first-order valence-electron chi connectivity index (χ1n) is 31.3. The van der Waals surface area contributed by atoms with Gasteiger partial charge in [-0.2, -0.15) is 0 Å². The summed E-state index contributed by atoms with van der Waals surface area (Å²) in [5.41, 5.74) is -13.6. The molecule has 492 valence electrons. The van der Waals surface area contributed by atoms with Crippen LogP contribution in [0.4, 0.5) is 0 Å². The lowest BCUT2D eigenvalue weighted by Crippen LogP contribution is -2.54. The minimum absolute atomic E-state index is 0.0530. The zero-order valence-electron chi connectivity index (χ0n) is 54.4. The molecule has 4 aliphatic carbocycles. The maximum atomic E-state index is 14.4. The molecular weight excluding hydrogens is 1230 g/mol. The van der Waals surface area contributed by atoms with Crippen LogP contribution in [-0.2, 0) is 97.9 Å². The average molecular weight is 1310 g/mol. The summed E-state index contributed by atoms with van der Waals surface area (Å²) in [7, 11) is -3.62. The number of benzene rings is 2. The molecule has 92 heavy (non-hydrogen) atoms. The number of carbonyl (C=O) groups excluding carboxylic acids is 8. The van der Waals surface area contributed by atoms with E-state index in [1.165, 1.54) is 12.1 Å². The third-order valence-electron chi connectivity index (χ3n) is 26.0. The Kier molecular flexibility index (Phi) is 13.4. The van der Waals surface area contributed by atoms with E-state index in [2.05, 4.69) is 0 Å². The summed E-state index contributed by atoms with van der Waals surface area (Å²) in [6, 6.07) is 9.27. The van der Waals surface area contributed by atoms with Crippen LogP contribution in [0, 0.1) is 57.2 Å². The highest BCUT2D eigenvalue weighted by Gasteiger charge is 2.81. The van der Waals surface area contributed by atoms with E-state index in [1.807, 2.05) is 0 Å². The van der Waals surface area contributed by atoms with Gasteiger partial charge in [-0.05, 0) is 142 Å². The van der Waals surface area contributed by atoms with Crippen LogP contribution >= 0.6 is 0 Å². The van der Waals surface area contributed by atoms with Gasteiger partial charge in [-0.25, -0.2) is 28.8 Å². The second-order valence-corrected chi connectivity index (χ2v) is 33.9. The molecule has 8 fully saturated rings. The zero-order valence-corrected chi connectivity index (χ0v) is 56.0. The second-order valence-electron chi connectivity index (χ2n) is 30.3. The van der Waals surface area contributed by atoms with Gasteiger partial charge in [0.1, 0.15) is 11.2 Å². The van der Waals surface area contributed by atoms with E-state index in [-0.39, 0.29) is 57.8 Å². The average Bonchev–Trinajstić information content (AvgIpc) is 1.60. The molecule has 2 aromatic carbocycles. The normalized spacial score (nSPS) is 39.6. The number of ether oxygens (including phenoxy) is 8. The number of hydrogen-bond donors (Lipinski definition) is 0. The molecule has 4 saturated carbocycles. The highest BCUT2D eigenvalue weighted by Crippen LogP contribution is 2.70. The first-order valence-corrected chi connectivity index (χ1v) is 33.8. The smallest absolute Gasteiger partial charge is 0.351 e. The zero-order chi connectivity index (χ0) is 67.1. The van der Waals surface area contributed by atoms with Crippen LogP contribution in [0.2, 0.25) is 0 Å². The number of aryl methyl sites for hydroxylation is 2. The van der Waals surface area contributed by atoms with Crippen molar-refractivity contribution in [3.8, 4) is 0 Å². The molecule has 2 unspecified atom stereocenters. The van der Waals surface area contributed by atoms with Crippen molar-refractivity contribution in [1.82, 2.24) is 0 Å². The fraction of sp³-hybridized carbons (Fsp3) is 0.618. The van der Waals surface area contributed by atoms with E-state index in [0.29, 0.717) is 47.6 Å². The Hall–Kier alpha value is -7.08. The molecule has 6 aliphatic heterocycles.